The van der Waals surface area contributed by atoms with Gasteiger partial charge in [0.1, 0.15) is 23.4 Å². The lowest BCUT2D eigenvalue weighted by atomic mass is 9.76. The van der Waals surface area contributed by atoms with Crippen molar-refractivity contribution in [3.63, 3.8) is 0 Å². The number of carbonyl (C=O) groups is 1. The van der Waals surface area contributed by atoms with E-state index in [2.05, 4.69) is 26.8 Å². The molecule has 1 fully saturated rings. The Labute approximate surface area is 145 Å². The van der Waals surface area contributed by atoms with Gasteiger partial charge in [-0.1, -0.05) is 26.3 Å². The van der Waals surface area contributed by atoms with Crippen LogP contribution in [0, 0.1) is 17.3 Å². The highest BCUT2D eigenvalue weighted by molar-refractivity contribution is 5.79. The van der Waals surface area contributed by atoms with Gasteiger partial charge in [-0.2, -0.15) is 0 Å². The average molecular weight is 328 g/mol. The number of methoxy groups -OCH3 is 1. The van der Waals surface area contributed by atoms with Gasteiger partial charge in [0.15, 0.2) is 0 Å². The van der Waals surface area contributed by atoms with Crippen LogP contribution in [-0.4, -0.2) is 19.0 Å². The van der Waals surface area contributed by atoms with E-state index in [4.69, 9.17) is 9.47 Å². The maximum absolute atomic E-state index is 12.5. The van der Waals surface area contributed by atoms with Crippen LogP contribution in [0.4, 0.5) is 0 Å². The van der Waals surface area contributed by atoms with Crippen LogP contribution >= 0.6 is 0 Å². The minimum absolute atomic E-state index is 0.0616. The molecule has 0 amide bonds. The monoisotopic (exact) mass is 328 g/mol. The van der Waals surface area contributed by atoms with E-state index in [1.54, 1.807) is 7.11 Å². The van der Waals surface area contributed by atoms with E-state index < -0.39 is 0 Å². The minimum atomic E-state index is -0.0616. The van der Waals surface area contributed by atoms with Crippen molar-refractivity contribution in [2.45, 2.75) is 52.6 Å². The molecule has 0 aromatic heterocycles. The van der Waals surface area contributed by atoms with Crippen molar-refractivity contribution in [3.05, 3.63) is 35.9 Å². The Balaban J connectivity index is 1.88. The zero-order valence-electron chi connectivity index (χ0n) is 15.2. The Hall–Kier alpha value is -1.77. The Morgan fingerprint density at radius 1 is 1.08 bits per heavy atom. The van der Waals surface area contributed by atoms with E-state index in [0.717, 1.165) is 24.3 Å². The second-order valence-corrected chi connectivity index (χ2v) is 7.83. The van der Waals surface area contributed by atoms with Gasteiger partial charge in [-0.25, -0.2) is 0 Å². The SMILES string of the molecule is COc1ccc(O[C@H]2/C=C3/CC[C@H](CC(=O)C[C@H]2C)C3(C)C)cc1. The van der Waals surface area contributed by atoms with Gasteiger partial charge in [0.05, 0.1) is 7.11 Å². The molecule has 0 radical (unpaired) electrons. The summed E-state index contributed by atoms with van der Waals surface area (Å²) in [4.78, 5) is 12.5. The van der Waals surface area contributed by atoms with Crippen LogP contribution in [0.2, 0.25) is 0 Å². The van der Waals surface area contributed by atoms with E-state index in [1.165, 1.54) is 5.57 Å². The normalized spacial score (nSPS) is 31.4. The number of ether oxygens (including phenoxy) is 2. The Morgan fingerprint density at radius 3 is 2.42 bits per heavy atom. The Kier molecular flexibility index (Phi) is 4.71. The number of hydrogen-bond donors (Lipinski definition) is 0. The number of allylic oxidation sites excluding steroid dienone is 1. The first-order valence-corrected chi connectivity index (χ1v) is 8.93. The van der Waals surface area contributed by atoms with E-state index >= 15 is 0 Å². The average Bonchev–Trinajstić information content (AvgIpc) is 2.82. The van der Waals surface area contributed by atoms with Crippen molar-refractivity contribution in [2.24, 2.45) is 17.3 Å². The quantitative estimate of drug-likeness (QED) is 0.747. The third kappa shape index (κ3) is 3.35. The molecule has 24 heavy (non-hydrogen) atoms. The van der Waals surface area contributed by atoms with Crippen molar-refractivity contribution < 1.29 is 14.3 Å². The van der Waals surface area contributed by atoms with Crippen LogP contribution < -0.4 is 9.47 Å². The molecule has 2 bridgehead atoms. The molecule has 0 unspecified atom stereocenters. The zero-order valence-corrected chi connectivity index (χ0v) is 15.2. The van der Waals surface area contributed by atoms with Gasteiger partial charge in [0.25, 0.3) is 0 Å². The van der Waals surface area contributed by atoms with Crippen molar-refractivity contribution in [3.8, 4) is 11.5 Å². The molecule has 3 atom stereocenters. The molecule has 3 rings (SSSR count). The summed E-state index contributed by atoms with van der Waals surface area (Å²) in [7, 11) is 1.66. The van der Waals surface area contributed by atoms with Crippen LogP contribution in [0.25, 0.3) is 0 Å². The fourth-order valence-electron chi connectivity index (χ4n) is 4.09. The number of carbonyl (C=O) groups excluding carboxylic acids is 1. The first-order valence-electron chi connectivity index (χ1n) is 8.93. The largest absolute Gasteiger partial charge is 0.497 e. The second-order valence-electron chi connectivity index (χ2n) is 7.83. The molecule has 0 aliphatic heterocycles. The Bertz CT molecular complexity index is 627. The summed E-state index contributed by atoms with van der Waals surface area (Å²) in [6.45, 7) is 6.68. The highest BCUT2D eigenvalue weighted by atomic mass is 16.5. The van der Waals surface area contributed by atoms with Gasteiger partial charge < -0.3 is 9.47 Å². The number of rotatable bonds is 3. The van der Waals surface area contributed by atoms with E-state index in [-0.39, 0.29) is 17.4 Å². The molecular formula is C21H28O3. The van der Waals surface area contributed by atoms with Gasteiger partial charge in [-0.3, -0.25) is 4.79 Å². The number of benzene rings is 1. The Morgan fingerprint density at radius 2 is 1.75 bits per heavy atom. The van der Waals surface area contributed by atoms with Gasteiger partial charge in [-0.15, -0.1) is 0 Å². The summed E-state index contributed by atoms with van der Waals surface area (Å²) in [5.41, 5.74) is 1.55. The predicted molar refractivity (Wildman–Crippen MR) is 95.4 cm³/mol. The fraction of sp³-hybridized carbons (Fsp3) is 0.571. The molecule has 3 heteroatoms. The van der Waals surface area contributed by atoms with Crippen LogP contribution in [-0.2, 0) is 4.79 Å². The standard InChI is InChI=1S/C21H28O3/c1-14-11-17(22)12-15-5-6-16(21(15,2)3)13-20(14)24-19-9-7-18(23-4)8-10-19/h7-10,13-15,20H,5-6,11-12H2,1-4H3/b16-13-/t14-,15-,20+/m1/s1. The van der Waals surface area contributed by atoms with Crippen LogP contribution in [0.3, 0.4) is 0 Å². The molecule has 130 valence electrons. The summed E-state index contributed by atoms with van der Waals surface area (Å²) < 4.78 is 11.5. The van der Waals surface area contributed by atoms with Gasteiger partial charge >= 0.3 is 0 Å². The van der Waals surface area contributed by atoms with Crippen LogP contribution in [0.5, 0.6) is 11.5 Å². The molecule has 1 aromatic rings. The molecule has 3 nitrogen and oxygen atoms in total. The van der Waals surface area contributed by atoms with Crippen molar-refractivity contribution in [1.29, 1.82) is 0 Å². The summed E-state index contributed by atoms with van der Waals surface area (Å²) in [5, 5.41) is 0. The molecule has 2 aliphatic rings. The van der Waals surface area contributed by atoms with Crippen LogP contribution in [0.1, 0.15) is 46.5 Å². The number of ketones is 1. The molecule has 0 spiro atoms. The smallest absolute Gasteiger partial charge is 0.133 e. The van der Waals surface area contributed by atoms with Gasteiger partial charge in [-0.05, 0) is 54.5 Å². The van der Waals surface area contributed by atoms with E-state index in [1.807, 2.05) is 24.3 Å². The molecular weight excluding hydrogens is 300 g/mol. The maximum Gasteiger partial charge on any atom is 0.133 e. The van der Waals surface area contributed by atoms with Gasteiger partial charge in [0, 0.05) is 18.8 Å². The minimum Gasteiger partial charge on any atom is -0.497 e. The zero-order chi connectivity index (χ0) is 17.3. The fourth-order valence-corrected chi connectivity index (χ4v) is 4.09. The number of fused-ring (bicyclic) bond motifs is 2. The van der Waals surface area contributed by atoms with E-state index in [9.17, 15) is 4.79 Å². The molecule has 0 N–H and O–H groups in total. The van der Waals surface area contributed by atoms with Crippen molar-refractivity contribution in [2.75, 3.05) is 7.11 Å². The summed E-state index contributed by atoms with van der Waals surface area (Å²) in [6, 6.07) is 7.67. The lowest BCUT2D eigenvalue weighted by Crippen LogP contribution is -2.25. The number of Topliss-reactive ketones (excluding diaryl/α,β-unsaturated/α-hetero) is 1. The summed E-state index contributed by atoms with van der Waals surface area (Å²) in [5.74, 6) is 2.67. The highest BCUT2D eigenvalue weighted by Gasteiger charge is 2.41. The topological polar surface area (TPSA) is 35.5 Å². The third-order valence-electron chi connectivity index (χ3n) is 5.89. The molecule has 0 saturated heterocycles. The van der Waals surface area contributed by atoms with Crippen molar-refractivity contribution in [1.82, 2.24) is 0 Å². The number of hydrogen-bond acceptors (Lipinski definition) is 3. The summed E-state index contributed by atoms with van der Waals surface area (Å²) >= 11 is 0. The van der Waals surface area contributed by atoms with Crippen LogP contribution in [0.15, 0.2) is 35.9 Å². The summed E-state index contributed by atoms with van der Waals surface area (Å²) in [6.07, 6.45) is 5.75. The predicted octanol–water partition coefficient (Wildman–Crippen LogP) is 4.80. The second kappa shape index (κ2) is 6.62. The maximum atomic E-state index is 12.5. The molecule has 0 heterocycles. The first kappa shape index (κ1) is 17.1. The molecule has 1 saturated carbocycles. The third-order valence-corrected chi connectivity index (χ3v) is 5.89. The van der Waals surface area contributed by atoms with E-state index in [0.29, 0.717) is 24.5 Å². The van der Waals surface area contributed by atoms with Crippen molar-refractivity contribution >= 4 is 5.78 Å². The van der Waals surface area contributed by atoms with Gasteiger partial charge in [0.2, 0.25) is 0 Å². The lowest BCUT2D eigenvalue weighted by Gasteiger charge is -2.28. The molecule has 1 aromatic carbocycles. The highest BCUT2D eigenvalue weighted by Crippen LogP contribution is 2.50. The molecule has 2 aliphatic carbocycles. The lowest BCUT2D eigenvalue weighted by molar-refractivity contribution is -0.121. The first-order chi connectivity index (χ1) is 11.4.